The quantitative estimate of drug-likeness (QED) is 0.235. The van der Waals surface area contributed by atoms with Crippen LogP contribution < -0.4 is 14.8 Å². The Morgan fingerprint density at radius 2 is 1.82 bits per heavy atom. The summed E-state index contributed by atoms with van der Waals surface area (Å²) in [5.41, 5.74) is 1.92. The van der Waals surface area contributed by atoms with Gasteiger partial charge in [-0.15, -0.1) is 11.3 Å². The minimum Gasteiger partial charge on any atom is -0.493 e. The highest BCUT2D eigenvalue weighted by Crippen LogP contribution is 2.38. The van der Waals surface area contributed by atoms with Gasteiger partial charge in [-0.3, -0.25) is 4.79 Å². The molecule has 0 radical (unpaired) electrons. The van der Waals surface area contributed by atoms with Crippen LogP contribution >= 0.6 is 34.7 Å². The molecule has 0 fully saturated rings. The van der Waals surface area contributed by atoms with E-state index < -0.39 is 11.9 Å². The number of ether oxygens (including phenoxy) is 2. The smallest absolute Gasteiger partial charge is 0.337 e. The Bertz CT molecular complexity index is 1380. The molecule has 0 atom stereocenters. The van der Waals surface area contributed by atoms with Gasteiger partial charge in [0, 0.05) is 28.1 Å². The molecule has 1 amide bonds. The topological polar surface area (TPSA) is 111 Å². The number of aromatic carboxylic acids is 1. The van der Waals surface area contributed by atoms with E-state index in [1.165, 1.54) is 55.8 Å². The number of nitrogens with one attached hydrogen (secondary N) is 1. The van der Waals surface area contributed by atoms with E-state index in [4.69, 9.17) is 21.1 Å². The molecule has 2 aromatic heterocycles. The highest BCUT2D eigenvalue weighted by molar-refractivity contribution is 8.00. The zero-order valence-electron chi connectivity index (χ0n) is 18.0. The lowest BCUT2D eigenvalue weighted by Crippen LogP contribution is -2.17. The standard InChI is InChI=1S/C23H18ClN3O5S2/c1-31-17-7-14(23(29)30)16(8-18(17)32-2)27-19(28)10-34-22-20-15(9-33-21(20)25-11-26-22)12-3-5-13(24)6-4-12/h3-9,11H,10H2,1-2H3,(H,27,28)(H,29,30). The molecule has 0 aliphatic carbocycles. The number of thiophene rings is 1. The number of carboxylic acid groups (broad SMARTS) is 1. The summed E-state index contributed by atoms with van der Waals surface area (Å²) in [6.07, 6.45) is 1.46. The van der Waals surface area contributed by atoms with Crippen LogP contribution in [0.25, 0.3) is 21.3 Å². The number of fused-ring (bicyclic) bond motifs is 1. The van der Waals surface area contributed by atoms with Gasteiger partial charge in [0.15, 0.2) is 11.5 Å². The number of thioether (sulfide) groups is 1. The molecular formula is C23H18ClN3O5S2. The van der Waals surface area contributed by atoms with E-state index in [1.807, 2.05) is 29.6 Å². The molecule has 4 aromatic rings. The Hall–Kier alpha value is -3.34. The SMILES string of the molecule is COc1cc(NC(=O)CSc2ncnc3scc(-c4ccc(Cl)cc4)c23)c(C(=O)O)cc1OC. The molecule has 8 nitrogen and oxygen atoms in total. The number of aromatic nitrogens is 2. The minimum atomic E-state index is -1.20. The first-order chi connectivity index (χ1) is 16.4. The number of methoxy groups -OCH3 is 2. The second-order valence-corrected chi connectivity index (χ2v) is 9.17. The van der Waals surface area contributed by atoms with Crippen molar-refractivity contribution in [1.29, 1.82) is 0 Å². The molecule has 11 heteroatoms. The lowest BCUT2D eigenvalue weighted by Gasteiger charge is -2.13. The summed E-state index contributed by atoms with van der Waals surface area (Å²) in [5, 5.41) is 16.3. The number of carbonyl (C=O) groups excluding carboxylic acids is 1. The fraction of sp³-hybridized carbons (Fsp3) is 0.130. The zero-order chi connectivity index (χ0) is 24.2. The van der Waals surface area contributed by atoms with Crippen molar-refractivity contribution in [2.75, 3.05) is 25.3 Å². The van der Waals surface area contributed by atoms with Gasteiger partial charge in [0.25, 0.3) is 0 Å². The predicted molar refractivity (Wildman–Crippen MR) is 134 cm³/mol. The Labute approximate surface area is 207 Å². The van der Waals surface area contributed by atoms with Gasteiger partial charge in [-0.2, -0.15) is 0 Å². The third-order valence-corrected chi connectivity index (χ3v) is 6.99. The highest BCUT2D eigenvalue weighted by atomic mass is 35.5. The predicted octanol–water partition coefficient (Wildman–Crippen LogP) is 5.46. The zero-order valence-corrected chi connectivity index (χ0v) is 20.4. The van der Waals surface area contributed by atoms with Crippen LogP contribution in [0.2, 0.25) is 5.02 Å². The van der Waals surface area contributed by atoms with Gasteiger partial charge >= 0.3 is 5.97 Å². The second kappa shape index (κ2) is 10.3. The molecule has 0 spiro atoms. The number of nitrogens with zero attached hydrogens (tertiary/aromatic N) is 2. The molecule has 174 valence electrons. The molecule has 0 saturated carbocycles. The average Bonchev–Trinajstić information content (AvgIpc) is 3.27. The maximum atomic E-state index is 12.7. The number of hydrogen-bond acceptors (Lipinski definition) is 8. The second-order valence-electron chi connectivity index (χ2n) is 6.91. The maximum Gasteiger partial charge on any atom is 0.337 e. The summed E-state index contributed by atoms with van der Waals surface area (Å²) >= 11 is 8.75. The monoisotopic (exact) mass is 515 g/mol. The summed E-state index contributed by atoms with van der Waals surface area (Å²) < 4.78 is 10.4. The van der Waals surface area contributed by atoms with Crippen molar-refractivity contribution in [2.24, 2.45) is 0 Å². The van der Waals surface area contributed by atoms with Crippen LogP contribution in [-0.4, -0.2) is 46.9 Å². The number of hydrogen-bond donors (Lipinski definition) is 2. The first-order valence-corrected chi connectivity index (χ1v) is 12.1. The number of carboxylic acids is 1. The number of benzene rings is 2. The number of amides is 1. The summed E-state index contributed by atoms with van der Waals surface area (Å²) in [6, 6.07) is 10.2. The largest absolute Gasteiger partial charge is 0.493 e. The van der Waals surface area contributed by atoms with Crippen LogP contribution in [0.5, 0.6) is 11.5 Å². The van der Waals surface area contributed by atoms with Crippen LogP contribution in [0.1, 0.15) is 10.4 Å². The third kappa shape index (κ3) is 4.93. The van der Waals surface area contributed by atoms with Crippen molar-refractivity contribution in [1.82, 2.24) is 9.97 Å². The molecule has 2 aromatic carbocycles. The van der Waals surface area contributed by atoms with Crippen molar-refractivity contribution in [3.63, 3.8) is 0 Å². The van der Waals surface area contributed by atoms with Crippen molar-refractivity contribution in [3.8, 4) is 22.6 Å². The molecular weight excluding hydrogens is 498 g/mol. The third-order valence-electron chi connectivity index (χ3n) is 4.86. The van der Waals surface area contributed by atoms with Crippen LogP contribution in [0, 0.1) is 0 Å². The van der Waals surface area contributed by atoms with Gasteiger partial charge in [-0.05, 0) is 17.7 Å². The number of carbonyl (C=O) groups is 2. The van der Waals surface area contributed by atoms with Crippen molar-refractivity contribution >= 4 is 62.5 Å². The van der Waals surface area contributed by atoms with E-state index in [0.29, 0.717) is 15.8 Å². The summed E-state index contributed by atoms with van der Waals surface area (Å²) in [5.74, 6) is -1.03. The fourth-order valence-corrected chi connectivity index (χ4v) is 5.20. The first-order valence-electron chi connectivity index (χ1n) is 9.81. The average molecular weight is 516 g/mol. The molecule has 0 bridgehead atoms. The molecule has 0 aliphatic heterocycles. The van der Waals surface area contributed by atoms with E-state index in [1.54, 1.807) is 0 Å². The summed E-state index contributed by atoms with van der Waals surface area (Å²) in [4.78, 5) is 33.9. The molecule has 34 heavy (non-hydrogen) atoms. The molecule has 0 aliphatic rings. The summed E-state index contributed by atoms with van der Waals surface area (Å²) in [6.45, 7) is 0. The van der Waals surface area contributed by atoms with E-state index in [0.717, 1.165) is 21.3 Å². The van der Waals surface area contributed by atoms with E-state index >= 15 is 0 Å². The van der Waals surface area contributed by atoms with Gasteiger partial charge in [0.2, 0.25) is 5.91 Å². The Morgan fingerprint density at radius 3 is 2.50 bits per heavy atom. The van der Waals surface area contributed by atoms with Gasteiger partial charge in [-0.25, -0.2) is 14.8 Å². The number of halogens is 1. The molecule has 0 unspecified atom stereocenters. The Kier molecular flexibility index (Phi) is 7.20. The molecule has 2 N–H and O–H groups in total. The molecule has 2 heterocycles. The maximum absolute atomic E-state index is 12.7. The highest BCUT2D eigenvalue weighted by Gasteiger charge is 2.19. The van der Waals surface area contributed by atoms with E-state index in [-0.39, 0.29) is 22.8 Å². The van der Waals surface area contributed by atoms with Crippen molar-refractivity contribution in [2.45, 2.75) is 5.03 Å². The fourth-order valence-electron chi connectivity index (χ4n) is 3.28. The minimum absolute atomic E-state index is 0.00935. The van der Waals surface area contributed by atoms with Crippen molar-refractivity contribution < 1.29 is 24.2 Å². The first kappa shape index (κ1) is 23.8. The summed E-state index contributed by atoms with van der Waals surface area (Å²) in [7, 11) is 2.84. The van der Waals surface area contributed by atoms with Crippen LogP contribution in [0.4, 0.5) is 5.69 Å². The van der Waals surface area contributed by atoms with Gasteiger partial charge in [-0.1, -0.05) is 35.5 Å². The number of anilines is 1. The Morgan fingerprint density at radius 1 is 1.12 bits per heavy atom. The van der Waals surface area contributed by atoms with Gasteiger partial charge in [0.1, 0.15) is 16.2 Å². The van der Waals surface area contributed by atoms with E-state index in [9.17, 15) is 14.7 Å². The Balaban J connectivity index is 1.57. The van der Waals surface area contributed by atoms with Gasteiger partial charge < -0.3 is 19.9 Å². The van der Waals surface area contributed by atoms with E-state index in [2.05, 4.69) is 15.3 Å². The van der Waals surface area contributed by atoms with Crippen LogP contribution in [-0.2, 0) is 4.79 Å². The number of rotatable bonds is 8. The molecule has 4 rings (SSSR count). The lowest BCUT2D eigenvalue weighted by atomic mass is 10.1. The van der Waals surface area contributed by atoms with Crippen LogP contribution in [0.15, 0.2) is 53.1 Å². The molecule has 0 saturated heterocycles. The van der Waals surface area contributed by atoms with Crippen molar-refractivity contribution in [3.05, 3.63) is 58.7 Å². The van der Waals surface area contributed by atoms with Gasteiger partial charge in [0.05, 0.1) is 36.6 Å². The normalized spacial score (nSPS) is 10.8. The lowest BCUT2D eigenvalue weighted by molar-refractivity contribution is -0.113. The van der Waals surface area contributed by atoms with Crippen LogP contribution in [0.3, 0.4) is 0 Å².